The van der Waals surface area contributed by atoms with Gasteiger partial charge in [0.25, 0.3) is 0 Å². The first-order valence-corrected chi connectivity index (χ1v) is 7.04. The van der Waals surface area contributed by atoms with Crippen molar-refractivity contribution in [3.05, 3.63) is 67.9 Å². The predicted molar refractivity (Wildman–Crippen MR) is 81.1 cm³/mol. The molecule has 1 nitrogen and oxygen atoms in total. The molecule has 0 heterocycles. The zero-order chi connectivity index (χ0) is 14.2. The van der Waals surface area contributed by atoms with Crippen LogP contribution < -0.4 is 5.73 Å². The standard InChI is InChI=1S/C15H14BrClFN/c1-8-3-10(4-9(2)14(8)18)15(19)11-5-12(16)7-13(17)6-11/h3-7,15H,19H2,1-2H3. The van der Waals surface area contributed by atoms with E-state index >= 15 is 0 Å². The van der Waals surface area contributed by atoms with Crippen LogP contribution in [0.2, 0.25) is 5.02 Å². The molecule has 2 rings (SSSR count). The van der Waals surface area contributed by atoms with Gasteiger partial charge in [0, 0.05) is 9.50 Å². The van der Waals surface area contributed by atoms with E-state index in [9.17, 15) is 4.39 Å². The second-order valence-electron chi connectivity index (χ2n) is 4.65. The zero-order valence-corrected chi connectivity index (χ0v) is 13.0. The first-order chi connectivity index (χ1) is 8.88. The Morgan fingerprint density at radius 1 is 1.05 bits per heavy atom. The molecular formula is C15H14BrClFN. The summed E-state index contributed by atoms with van der Waals surface area (Å²) in [5.74, 6) is -0.178. The van der Waals surface area contributed by atoms with Crippen LogP contribution in [0, 0.1) is 19.7 Å². The van der Waals surface area contributed by atoms with Crippen molar-refractivity contribution in [2.45, 2.75) is 19.9 Å². The fraction of sp³-hybridized carbons (Fsp3) is 0.200. The molecule has 1 unspecified atom stereocenters. The monoisotopic (exact) mass is 341 g/mol. The van der Waals surface area contributed by atoms with Crippen molar-refractivity contribution in [2.24, 2.45) is 5.73 Å². The largest absolute Gasteiger partial charge is 0.320 e. The topological polar surface area (TPSA) is 26.0 Å². The van der Waals surface area contributed by atoms with Crippen LogP contribution in [0.5, 0.6) is 0 Å². The fourth-order valence-electron chi connectivity index (χ4n) is 2.11. The third-order valence-corrected chi connectivity index (χ3v) is 3.74. The molecule has 2 aromatic carbocycles. The second-order valence-corrected chi connectivity index (χ2v) is 6.00. The van der Waals surface area contributed by atoms with E-state index in [1.165, 1.54) is 0 Å². The van der Waals surface area contributed by atoms with Crippen LogP contribution in [0.4, 0.5) is 4.39 Å². The van der Waals surface area contributed by atoms with Gasteiger partial charge < -0.3 is 5.73 Å². The van der Waals surface area contributed by atoms with Crippen molar-refractivity contribution in [2.75, 3.05) is 0 Å². The predicted octanol–water partition coefficient (Wildman–Crippen LogP) is 4.91. The molecule has 0 amide bonds. The molecule has 0 aromatic heterocycles. The number of benzene rings is 2. The van der Waals surface area contributed by atoms with Gasteiger partial charge in [0.1, 0.15) is 5.82 Å². The quantitative estimate of drug-likeness (QED) is 0.825. The van der Waals surface area contributed by atoms with E-state index in [1.807, 2.05) is 12.1 Å². The lowest BCUT2D eigenvalue weighted by molar-refractivity contribution is 0.607. The Bertz CT molecular complexity index is 584. The number of nitrogens with two attached hydrogens (primary N) is 1. The molecular weight excluding hydrogens is 329 g/mol. The van der Waals surface area contributed by atoms with Gasteiger partial charge in [0.15, 0.2) is 0 Å². The smallest absolute Gasteiger partial charge is 0.129 e. The third-order valence-electron chi connectivity index (χ3n) is 3.06. The highest BCUT2D eigenvalue weighted by molar-refractivity contribution is 9.10. The average molecular weight is 343 g/mol. The highest BCUT2D eigenvalue weighted by Crippen LogP contribution is 2.28. The molecule has 0 aliphatic carbocycles. The molecule has 0 radical (unpaired) electrons. The highest BCUT2D eigenvalue weighted by Gasteiger charge is 2.13. The van der Waals surface area contributed by atoms with Crippen LogP contribution >= 0.6 is 27.5 Å². The summed E-state index contributed by atoms with van der Waals surface area (Å²) < 4.78 is 14.5. The van der Waals surface area contributed by atoms with Crippen LogP contribution in [0.25, 0.3) is 0 Å². The van der Waals surface area contributed by atoms with Gasteiger partial charge in [-0.05, 0) is 54.3 Å². The Hall–Kier alpha value is -0.900. The van der Waals surface area contributed by atoms with Crippen LogP contribution in [-0.4, -0.2) is 0 Å². The molecule has 0 aliphatic rings. The SMILES string of the molecule is Cc1cc(C(N)c2cc(Cl)cc(Br)c2)cc(C)c1F. The van der Waals surface area contributed by atoms with Crippen molar-refractivity contribution < 1.29 is 4.39 Å². The Morgan fingerprint density at radius 3 is 2.11 bits per heavy atom. The molecule has 1 atom stereocenters. The minimum absolute atomic E-state index is 0.178. The molecule has 0 saturated carbocycles. The maximum Gasteiger partial charge on any atom is 0.129 e. The molecule has 0 spiro atoms. The maximum atomic E-state index is 13.6. The van der Waals surface area contributed by atoms with Gasteiger partial charge >= 0.3 is 0 Å². The Morgan fingerprint density at radius 2 is 1.58 bits per heavy atom. The van der Waals surface area contributed by atoms with E-state index in [4.69, 9.17) is 17.3 Å². The molecule has 0 fully saturated rings. The van der Waals surface area contributed by atoms with E-state index in [1.54, 1.807) is 32.0 Å². The van der Waals surface area contributed by atoms with Gasteiger partial charge in [-0.3, -0.25) is 0 Å². The van der Waals surface area contributed by atoms with Crippen LogP contribution in [0.1, 0.15) is 28.3 Å². The molecule has 0 bridgehead atoms. The lowest BCUT2D eigenvalue weighted by Crippen LogP contribution is -2.13. The van der Waals surface area contributed by atoms with Gasteiger partial charge in [-0.25, -0.2) is 4.39 Å². The van der Waals surface area contributed by atoms with E-state index < -0.39 is 0 Å². The molecule has 0 aliphatic heterocycles. The lowest BCUT2D eigenvalue weighted by Gasteiger charge is -2.15. The Kier molecular flexibility index (Phi) is 4.29. The van der Waals surface area contributed by atoms with Crippen LogP contribution in [0.3, 0.4) is 0 Å². The molecule has 100 valence electrons. The van der Waals surface area contributed by atoms with E-state index in [0.29, 0.717) is 16.1 Å². The van der Waals surface area contributed by atoms with Gasteiger partial charge in [0.05, 0.1) is 6.04 Å². The summed E-state index contributed by atoms with van der Waals surface area (Å²) in [6.45, 7) is 3.49. The molecule has 19 heavy (non-hydrogen) atoms. The van der Waals surface area contributed by atoms with E-state index in [-0.39, 0.29) is 11.9 Å². The summed E-state index contributed by atoms with van der Waals surface area (Å²) in [5.41, 5.74) is 9.22. The number of aryl methyl sites for hydroxylation is 2. The number of hydrogen-bond acceptors (Lipinski definition) is 1. The van der Waals surface area contributed by atoms with E-state index in [0.717, 1.165) is 15.6 Å². The number of hydrogen-bond donors (Lipinski definition) is 1. The van der Waals surface area contributed by atoms with Crippen molar-refractivity contribution in [1.29, 1.82) is 0 Å². The number of rotatable bonds is 2. The fourth-order valence-corrected chi connectivity index (χ4v) is 2.99. The summed E-state index contributed by atoms with van der Waals surface area (Å²) in [7, 11) is 0. The van der Waals surface area contributed by atoms with Gasteiger partial charge in [-0.2, -0.15) is 0 Å². The summed E-state index contributed by atoms with van der Waals surface area (Å²) in [4.78, 5) is 0. The summed E-state index contributed by atoms with van der Waals surface area (Å²) in [6.07, 6.45) is 0. The van der Waals surface area contributed by atoms with Gasteiger partial charge in [-0.1, -0.05) is 39.7 Å². The lowest BCUT2D eigenvalue weighted by atomic mass is 9.96. The normalized spacial score (nSPS) is 12.5. The minimum Gasteiger partial charge on any atom is -0.320 e. The average Bonchev–Trinajstić information content (AvgIpc) is 2.33. The first kappa shape index (κ1) is 14.5. The first-order valence-electron chi connectivity index (χ1n) is 5.86. The van der Waals surface area contributed by atoms with Crippen molar-refractivity contribution in [1.82, 2.24) is 0 Å². The number of halogens is 3. The van der Waals surface area contributed by atoms with Crippen molar-refractivity contribution in [3.63, 3.8) is 0 Å². The summed E-state index contributed by atoms with van der Waals surface area (Å²) >= 11 is 9.42. The maximum absolute atomic E-state index is 13.6. The Labute approximate surface area is 125 Å². The summed E-state index contributed by atoms with van der Waals surface area (Å²) in [5, 5.41) is 0.621. The van der Waals surface area contributed by atoms with Crippen LogP contribution in [-0.2, 0) is 0 Å². The molecule has 2 N–H and O–H groups in total. The van der Waals surface area contributed by atoms with E-state index in [2.05, 4.69) is 15.9 Å². The van der Waals surface area contributed by atoms with Crippen molar-refractivity contribution >= 4 is 27.5 Å². The van der Waals surface area contributed by atoms with Gasteiger partial charge in [0.2, 0.25) is 0 Å². The van der Waals surface area contributed by atoms with Gasteiger partial charge in [-0.15, -0.1) is 0 Å². The summed E-state index contributed by atoms with van der Waals surface area (Å²) in [6, 6.07) is 8.78. The van der Waals surface area contributed by atoms with Crippen LogP contribution in [0.15, 0.2) is 34.8 Å². The van der Waals surface area contributed by atoms with Crippen molar-refractivity contribution in [3.8, 4) is 0 Å². The molecule has 4 heteroatoms. The zero-order valence-electron chi connectivity index (χ0n) is 10.7. The minimum atomic E-state index is -0.326. The third kappa shape index (κ3) is 3.16. The molecule has 0 saturated heterocycles. The second kappa shape index (κ2) is 5.61. The molecule has 2 aromatic rings. The Balaban J connectivity index is 2.46. The highest BCUT2D eigenvalue weighted by atomic mass is 79.9.